The molecule has 1 aromatic carbocycles. The lowest BCUT2D eigenvalue weighted by atomic mass is 10.1. The summed E-state index contributed by atoms with van der Waals surface area (Å²) in [4.78, 5) is 0. The Labute approximate surface area is 101 Å². The summed E-state index contributed by atoms with van der Waals surface area (Å²) in [6.07, 6.45) is 0. The van der Waals surface area contributed by atoms with Crippen LogP contribution in [-0.4, -0.2) is 20.7 Å². The normalized spacial score (nSPS) is 13.7. The number of rotatable bonds is 5. The first-order valence-electron chi connectivity index (χ1n) is 4.94. The van der Waals surface area contributed by atoms with E-state index in [4.69, 9.17) is 17.3 Å². The number of sulfonamides is 1. The molecule has 0 aromatic heterocycles. The maximum absolute atomic E-state index is 11.4. The fourth-order valence-electron chi connectivity index (χ4n) is 1.30. The second-order valence-corrected chi connectivity index (χ2v) is 5.78. The van der Waals surface area contributed by atoms with E-state index in [1.807, 2.05) is 0 Å². The molecule has 1 atom stereocenters. The van der Waals surface area contributed by atoms with Crippen molar-refractivity contribution < 1.29 is 8.42 Å². The van der Waals surface area contributed by atoms with Gasteiger partial charge in [-0.3, -0.25) is 0 Å². The number of nitrogens with two attached hydrogens (primary N) is 1. The van der Waals surface area contributed by atoms with Crippen LogP contribution in [0.5, 0.6) is 0 Å². The largest absolute Gasteiger partial charge is 0.329 e. The molecule has 0 saturated carbocycles. The molecule has 0 bridgehead atoms. The van der Waals surface area contributed by atoms with Gasteiger partial charge in [0.2, 0.25) is 10.0 Å². The first-order valence-corrected chi connectivity index (χ1v) is 6.97. The molecule has 0 radical (unpaired) electrons. The van der Waals surface area contributed by atoms with Gasteiger partial charge in [0.05, 0.1) is 11.8 Å². The van der Waals surface area contributed by atoms with Gasteiger partial charge < -0.3 is 5.73 Å². The Morgan fingerprint density at radius 3 is 2.56 bits per heavy atom. The van der Waals surface area contributed by atoms with Crippen molar-refractivity contribution in [1.29, 1.82) is 0 Å². The average molecular weight is 263 g/mol. The fourth-order valence-corrected chi connectivity index (χ4v) is 2.39. The van der Waals surface area contributed by atoms with Crippen molar-refractivity contribution >= 4 is 21.6 Å². The van der Waals surface area contributed by atoms with Crippen molar-refractivity contribution in [3.05, 3.63) is 34.9 Å². The van der Waals surface area contributed by atoms with E-state index in [1.54, 1.807) is 31.2 Å². The summed E-state index contributed by atoms with van der Waals surface area (Å²) in [5.41, 5.74) is 6.25. The van der Waals surface area contributed by atoms with Crippen LogP contribution in [0, 0.1) is 0 Å². The van der Waals surface area contributed by atoms with E-state index in [0.29, 0.717) is 10.6 Å². The van der Waals surface area contributed by atoms with Crippen molar-refractivity contribution in [1.82, 2.24) is 4.72 Å². The Kier molecular flexibility index (Phi) is 4.73. The fraction of sp³-hybridized carbons (Fsp3) is 0.400. The summed E-state index contributed by atoms with van der Waals surface area (Å²) < 4.78 is 25.4. The third-order valence-corrected chi connectivity index (χ3v) is 3.97. The zero-order valence-electron chi connectivity index (χ0n) is 8.98. The van der Waals surface area contributed by atoms with E-state index >= 15 is 0 Å². The van der Waals surface area contributed by atoms with Crippen molar-refractivity contribution in [3.8, 4) is 0 Å². The van der Waals surface area contributed by atoms with E-state index in [1.165, 1.54) is 0 Å². The van der Waals surface area contributed by atoms with Gasteiger partial charge in [0, 0.05) is 11.6 Å². The first kappa shape index (κ1) is 13.4. The minimum Gasteiger partial charge on any atom is -0.329 e. The summed E-state index contributed by atoms with van der Waals surface area (Å²) >= 11 is 5.98. The Hall–Kier alpha value is -0.620. The van der Waals surface area contributed by atoms with Crippen LogP contribution in [0.1, 0.15) is 18.5 Å². The van der Waals surface area contributed by atoms with Crippen LogP contribution in [0.2, 0.25) is 5.02 Å². The molecule has 1 rings (SSSR count). The van der Waals surface area contributed by atoms with Crippen LogP contribution in [0.15, 0.2) is 24.3 Å². The van der Waals surface area contributed by atoms with Gasteiger partial charge in [-0.1, -0.05) is 29.8 Å². The van der Waals surface area contributed by atoms with E-state index in [9.17, 15) is 8.42 Å². The van der Waals surface area contributed by atoms with Crippen molar-refractivity contribution in [2.75, 3.05) is 12.3 Å². The topological polar surface area (TPSA) is 72.2 Å². The van der Waals surface area contributed by atoms with Gasteiger partial charge in [-0.2, -0.15) is 0 Å². The zero-order valence-corrected chi connectivity index (χ0v) is 10.6. The predicted octanol–water partition coefficient (Wildman–Crippen LogP) is 1.28. The number of hydrogen-bond acceptors (Lipinski definition) is 3. The summed E-state index contributed by atoms with van der Waals surface area (Å²) in [6, 6.07) is 6.58. The quantitative estimate of drug-likeness (QED) is 0.840. The average Bonchev–Trinajstić information content (AvgIpc) is 2.27. The second kappa shape index (κ2) is 5.63. The molecule has 0 unspecified atom stereocenters. The van der Waals surface area contributed by atoms with E-state index < -0.39 is 16.1 Å². The number of nitrogens with one attached hydrogen (secondary N) is 1. The lowest BCUT2D eigenvalue weighted by Gasteiger charge is -2.17. The molecule has 0 amide bonds. The summed E-state index contributed by atoms with van der Waals surface area (Å²) in [6.45, 7) is 1.74. The van der Waals surface area contributed by atoms with Gasteiger partial charge in [0.1, 0.15) is 0 Å². The standard InChI is InChI=1S/C10H15ClN2O2S/c1-2-16(14,15)13-10(7-12)8-5-3-4-6-9(8)11/h3-6,10,13H,2,7,12H2,1H3/t10-/m0/s1. The maximum atomic E-state index is 11.4. The highest BCUT2D eigenvalue weighted by Gasteiger charge is 2.18. The van der Waals surface area contributed by atoms with Gasteiger partial charge in [0.15, 0.2) is 0 Å². The second-order valence-electron chi connectivity index (χ2n) is 3.33. The molecular formula is C10H15ClN2O2S. The molecule has 16 heavy (non-hydrogen) atoms. The van der Waals surface area contributed by atoms with Gasteiger partial charge >= 0.3 is 0 Å². The molecule has 0 fully saturated rings. The van der Waals surface area contributed by atoms with E-state index in [2.05, 4.69) is 4.72 Å². The van der Waals surface area contributed by atoms with Gasteiger partial charge in [-0.05, 0) is 18.6 Å². The Morgan fingerprint density at radius 2 is 2.06 bits per heavy atom. The molecule has 0 aliphatic carbocycles. The van der Waals surface area contributed by atoms with E-state index in [-0.39, 0.29) is 12.3 Å². The van der Waals surface area contributed by atoms with Crippen molar-refractivity contribution in [2.45, 2.75) is 13.0 Å². The third-order valence-electron chi connectivity index (χ3n) is 2.22. The van der Waals surface area contributed by atoms with E-state index in [0.717, 1.165) is 0 Å². The van der Waals surface area contributed by atoms with Gasteiger partial charge in [0.25, 0.3) is 0 Å². The Balaban J connectivity index is 2.96. The highest BCUT2D eigenvalue weighted by atomic mass is 35.5. The predicted molar refractivity (Wildman–Crippen MR) is 65.8 cm³/mol. The van der Waals surface area contributed by atoms with Crippen molar-refractivity contribution in [3.63, 3.8) is 0 Å². The molecule has 0 saturated heterocycles. The Morgan fingerprint density at radius 1 is 1.44 bits per heavy atom. The number of halogens is 1. The molecule has 1 aromatic rings. The smallest absolute Gasteiger partial charge is 0.211 e. The Bertz CT molecular complexity index is 448. The van der Waals surface area contributed by atoms with Crippen LogP contribution in [-0.2, 0) is 10.0 Å². The molecule has 0 heterocycles. The molecule has 90 valence electrons. The molecular weight excluding hydrogens is 248 g/mol. The highest BCUT2D eigenvalue weighted by Crippen LogP contribution is 2.22. The molecule has 4 nitrogen and oxygen atoms in total. The molecule has 0 aliphatic heterocycles. The van der Waals surface area contributed by atoms with Crippen LogP contribution in [0.25, 0.3) is 0 Å². The maximum Gasteiger partial charge on any atom is 0.211 e. The zero-order chi connectivity index (χ0) is 12.2. The summed E-state index contributed by atoms with van der Waals surface area (Å²) in [5, 5.41) is 0.511. The van der Waals surface area contributed by atoms with Gasteiger partial charge in [-0.15, -0.1) is 0 Å². The first-order chi connectivity index (χ1) is 7.50. The SMILES string of the molecule is CCS(=O)(=O)N[C@@H](CN)c1ccccc1Cl. The molecule has 3 N–H and O–H groups in total. The van der Waals surface area contributed by atoms with Crippen molar-refractivity contribution in [2.24, 2.45) is 5.73 Å². The van der Waals surface area contributed by atoms with Crippen LogP contribution >= 0.6 is 11.6 Å². The van der Waals surface area contributed by atoms with Crippen LogP contribution in [0.4, 0.5) is 0 Å². The van der Waals surface area contributed by atoms with Crippen LogP contribution in [0.3, 0.4) is 0 Å². The number of hydrogen-bond donors (Lipinski definition) is 2. The summed E-state index contributed by atoms with van der Waals surface area (Å²) in [5.74, 6) is 0.0218. The van der Waals surface area contributed by atoms with Crippen LogP contribution < -0.4 is 10.5 Å². The minimum atomic E-state index is -3.28. The minimum absolute atomic E-state index is 0.0218. The monoisotopic (exact) mass is 262 g/mol. The van der Waals surface area contributed by atoms with Gasteiger partial charge in [-0.25, -0.2) is 13.1 Å². The lowest BCUT2D eigenvalue weighted by Crippen LogP contribution is -2.34. The molecule has 0 spiro atoms. The molecule has 6 heteroatoms. The summed E-state index contributed by atoms with van der Waals surface area (Å²) in [7, 11) is -3.28. The highest BCUT2D eigenvalue weighted by molar-refractivity contribution is 7.89. The number of benzene rings is 1. The third kappa shape index (κ3) is 3.45. The lowest BCUT2D eigenvalue weighted by molar-refractivity contribution is 0.559. The molecule has 0 aliphatic rings.